The van der Waals surface area contributed by atoms with Crippen molar-refractivity contribution in [2.75, 3.05) is 5.32 Å². The van der Waals surface area contributed by atoms with Crippen LogP contribution in [0, 0.1) is 13.8 Å². The van der Waals surface area contributed by atoms with Crippen LogP contribution in [-0.4, -0.2) is 33.8 Å². The van der Waals surface area contributed by atoms with Gasteiger partial charge in [0, 0.05) is 11.4 Å². The molecule has 0 radical (unpaired) electrons. The van der Waals surface area contributed by atoms with Crippen molar-refractivity contribution in [3.63, 3.8) is 0 Å². The summed E-state index contributed by atoms with van der Waals surface area (Å²) in [6, 6.07) is 7.03. The van der Waals surface area contributed by atoms with E-state index in [0.29, 0.717) is 5.69 Å². The Morgan fingerprint density at radius 3 is 2.38 bits per heavy atom. The van der Waals surface area contributed by atoms with Crippen LogP contribution in [0.1, 0.15) is 11.4 Å². The van der Waals surface area contributed by atoms with E-state index in [1.165, 1.54) is 28.9 Å². The molecule has 0 atom stereocenters. The van der Waals surface area contributed by atoms with Gasteiger partial charge in [-0.15, -0.1) is 0 Å². The molecule has 1 aromatic carbocycles. The Kier molecular flexibility index (Phi) is 7.08. The molecule has 11 heteroatoms. The van der Waals surface area contributed by atoms with Crippen molar-refractivity contribution in [1.29, 1.82) is 0 Å². The van der Waals surface area contributed by atoms with E-state index in [2.05, 4.69) is 15.4 Å². The summed E-state index contributed by atoms with van der Waals surface area (Å²) in [6.45, 7) is 3.67. The molecule has 0 saturated heterocycles. The Morgan fingerprint density at radius 2 is 1.92 bits per heavy atom. The van der Waals surface area contributed by atoms with Crippen LogP contribution >= 0.6 is 12.2 Å². The topological polar surface area (TPSA) is 125 Å². The average Bonchev–Trinajstić information content (AvgIpc) is 2.77. The summed E-state index contributed by atoms with van der Waals surface area (Å²) in [4.78, 5) is 3.70. The Morgan fingerprint density at radius 1 is 1.33 bits per heavy atom. The molecule has 1 heterocycles. The van der Waals surface area contributed by atoms with Crippen molar-refractivity contribution in [2.24, 2.45) is 10.7 Å². The number of aromatic nitrogens is 2. The summed E-state index contributed by atoms with van der Waals surface area (Å²) in [7, 11) is -4.48. The summed E-state index contributed by atoms with van der Waals surface area (Å²) in [6.07, 6.45) is 0. The van der Waals surface area contributed by atoms with Crippen molar-refractivity contribution in [2.45, 2.75) is 18.7 Å². The van der Waals surface area contributed by atoms with E-state index in [0.717, 1.165) is 11.4 Å². The van der Waals surface area contributed by atoms with Crippen LogP contribution in [0.2, 0.25) is 0 Å². The van der Waals surface area contributed by atoms with Gasteiger partial charge in [0.1, 0.15) is 10.1 Å². The number of hydrogen-bond donors (Lipinski definition) is 2. The second-order valence-corrected chi connectivity index (χ2v) is 6.48. The van der Waals surface area contributed by atoms with E-state index in [-0.39, 0.29) is 45.5 Å². The van der Waals surface area contributed by atoms with E-state index in [1.807, 2.05) is 19.9 Å². The average molecular weight is 375 g/mol. The summed E-state index contributed by atoms with van der Waals surface area (Å²) >= 11 is 5.07. The van der Waals surface area contributed by atoms with Gasteiger partial charge in [-0.2, -0.15) is 10.1 Å². The summed E-state index contributed by atoms with van der Waals surface area (Å²) < 4.78 is 34.0. The minimum absolute atomic E-state index is 0. The second kappa shape index (κ2) is 8.19. The standard InChI is InChI=1S/C13H15N5O3S2.Na/c1-8-7-9(2)18(17-8)12(14)16-13(22)15-10-3-5-11(6-4-10)23(19,20)21;/h3-7H,1-2H3,(H,19,20,21)(H3,14,15,16,22);/q;+1/p-1. The van der Waals surface area contributed by atoms with E-state index >= 15 is 0 Å². The predicted molar refractivity (Wildman–Crippen MR) is 89.3 cm³/mol. The molecule has 3 N–H and O–H groups in total. The number of aliphatic imine (C=N–C) groups is 1. The minimum atomic E-state index is -4.48. The monoisotopic (exact) mass is 375 g/mol. The molecule has 0 aliphatic heterocycles. The van der Waals surface area contributed by atoms with Gasteiger partial charge < -0.3 is 15.6 Å². The SMILES string of the molecule is Cc1cc(C)n(/C(N)=N/C(=S)Nc2ccc(S(=O)(=O)[O-])cc2)n1.[Na+]. The first-order valence-corrected chi connectivity index (χ1v) is 8.23. The van der Waals surface area contributed by atoms with Gasteiger partial charge in [0.25, 0.3) is 0 Å². The zero-order valence-corrected chi connectivity index (χ0v) is 17.0. The first-order valence-electron chi connectivity index (χ1n) is 6.41. The van der Waals surface area contributed by atoms with Crippen LogP contribution in [0.5, 0.6) is 0 Å². The molecule has 0 bridgehead atoms. The summed E-state index contributed by atoms with van der Waals surface area (Å²) in [5, 5.41) is 7.03. The Bertz CT molecular complexity index is 876. The van der Waals surface area contributed by atoms with Crippen LogP contribution in [0.4, 0.5) is 5.69 Å². The van der Waals surface area contributed by atoms with Crippen LogP contribution in [0.3, 0.4) is 0 Å². The third kappa shape index (κ3) is 5.36. The van der Waals surface area contributed by atoms with Crippen LogP contribution < -0.4 is 40.6 Å². The zero-order chi connectivity index (χ0) is 17.2. The van der Waals surface area contributed by atoms with Crippen LogP contribution in [-0.2, 0) is 10.1 Å². The van der Waals surface area contributed by atoms with Gasteiger partial charge in [-0.1, -0.05) is 0 Å². The molecule has 1 aromatic heterocycles. The molecule has 0 spiro atoms. The maximum Gasteiger partial charge on any atom is 1.00 e. The Labute approximate surface area is 167 Å². The molecule has 2 rings (SSSR count). The van der Waals surface area contributed by atoms with Crippen LogP contribution in [0.25, 0.3) is 0 Å². The molecule has 0 aliphatic rings. The maximum absolute atomic E-state index is 10.9. The van der Waals surface area contributed by atoms with Crippen molar-refractivity contribution in [3.8, 4) is 0 Å². The minimum Gasteiger partial charge on any atom is -0.744 e. The van der Waals surface area contributed by atoms with Crippen molar-refractivity contribution < 1.29 is 42.5 Å². The second-order valence-electron chi connectivity index (χ2n) is 4.72. The first-order chi connectivity index (χ1) is 10.7. The first kappa shape index (κ1) is 20.7. The van der Waals surface area contributed by atoms with Crippen molar-refractivity contribution in [3.05, 3.63) is 41.7 Å². The summed E-state index contributed by atoms with van der Waals surface area (Å²) in [5.74, 6) is 0.104. The Balaban J connectivity index is 0.00000288. The van der Waals surface area contributed by atoms with Gasteiger partial charge in [0.2, 0.25) is 11.1 Å². The van der Waals surface area contributed by atoms with E-state index in [4.69, 9.17) is 18.0 Å². The number of nitrogens with zero attached hydrogens (tertiary/aromatic N) is 3. The van der Waals surface area contributed by atoms with Gasteiger partial charge in [-0.05, 0) is 56.4 Å². The molecule has 2 aromatic rings. The molecule has 122 valence electrons. The number of nitrogens with one attached hydrogen (secondary N) is 1. The molecular weight excluding hydrogens is 361 g/mol. The largest absolute Gasteiger partial charge is 1.00 e. The molecule has 0 aliphatic carbocycles. The maximum atomic E-state index is 10.9. The molecule has 0 unspecified atom stereocenters. The van der Waals surface area contributed by atoms with Crippen molar-refractivity contribution >= 4 is 39.1 Å². The fourth-order valence-electron chi connectivity index (χ4n) is 1.87. The van der Waals surface area contributed by atoms with Crippen molar-refractivity contribution in [1.82, 2.24) is 9.78 Å². The van der Waals surface area contributed by atoms with Gasteiger partial charge in [-0.25, -0.2) is 13.1 Å². The third-order valence-corrected chi connectivity index (χ3v) is 3.88. The number of rotatable bonds is 2. The fraction of sp³-hybridized carbons (Fsp3) is 0.154. The molecule has 0 amide bonds. The van der Waals surface area contributed by atoms with Crippen LogP contribution in [0.15, 0.2) is 40.2 Å². The summed E-state index contributed by atoms with van der Waals surface area (Å²) in [5.41, 5.74) is 7.94. The fourth-order valence-corrected chi connectivity index (χ4v) is 2.55. The predicted octanol–water partition coefficient (Wildman–Crippen LogP) is -2.03. The zero-order valence-electron chi connectivity index (χ0n) is 13.3. The molecule has 0 fully saturated rings. The Hall–Kier alpha value is -1.30. The quantitative estimate of drug-likeness (QED) is 0.204. The number of benzene rings is 1. The number of nitrogens with two attached hydrogens (primary N) is 1. The molecule has 8 nitrogen and oxygen atoms in total. The normalized spacial score (nSPS) is 11.7. The van der Waals surface area contributed by atoms with Gasteiger partial charge >= 0.3 is 29.6 Å². The van der Waals surface area contributed by atoms with Gasteiger partial charge in [-0.3, -0.25) is 0 Å². The third-order valence-electron chi connectivity index (χ3n) is 2.84. The molecule has 24 heavy (non-hydrogen) atoms. The number of aryl methyl sites for hydroxylation is 2. The number of anilines is 1. The van der Waals surface area contributed by atoms with E-state index in [9.17, 15) is 13.0 Å². The molecule has 0 saturated carbocycles. The number of hydrogen-bond acceptors (Lipinski definition) is 5. The molecular formula is C13H14N5NaO3S2. The van der Waals surface area contributed by atoms with E-state index < -0.39 is 10.1 Å². The smallest absolute Gasteiger partial charge is 0.744 e. The number of thiocarbonyl (C=S) groups is 1. The van der Waals surface area contributed by atoms with E-state index in [1.54, 1.807) is 0 Å². The van der Waals surface area contributed by atoms with Gasteiger partial charge in [0.15, 0.2) is 0 Å². The van der Waals surface area contributed by atoms with Gasteiger partial charge in [0.05, 0.1) is 10.6 Å².